The van der Waals surface area contributed by atoms with E-state index in [4.69, 9.17) is 4.74 Å². The zero-order valence-corrected chi connectivity index (χ0v) is 23.8. The lowest BCUT2D eigenvalue weighted by molar-refractivity contribution is 0.0925. The van der Waals surface area contributed by atoms with Crippen LogP contribution >= 0.6 is 0 Å². The number of piperazine rings is 1. The molecule has 5 rings (SSSR count). The highest BCUT2D eigenvalue weighted by Gasteiger charge is 2.27. The van der Waals surface area contributed by atoms with Crippen LogP contribution in [0.25, 0.3) is 17.1 Å². The molecule has 214 valence electrons. The van der Waals surface area contributed by atoms with Crippen LogP contribution in [0.2, 0.25) is 0 Å². The summed E-state index contributed by atoms with van der Waals surface area (Å²) < 4.78 is 22.6. The molecule has 2 aromatic carbocycles. The average Bonchev–Trinajstić information content (AvgIpc) is 3.61. The predicted octanol–water partition coefficient (Wildman–Crippen LogP) is 4.33. The number of ether oxygens (including phenoxy) is 1. The summed E-state index contributed by atoms with van der Waals surface area (Å²) in [7, 11) is 3.65. The molecule has 0 radical (unpaired) electrons. The van der Waals surface area contributed by atoms with Crippen LogP contribution in [0.3, 0.4) is 0 Å². The Balaban J connectivity index is 1.56. The molecule has 1 saturated heterocycles. The normalized spacial score (nSPS) is 17.1. The van der Waals surface area contributed by atoms with Crippen LogP contribution in [0, 0.1) is 5.82 Å². The summed E-state index contributed by atoms with van der Waals surface area (Å²) in [6, 6.07) is 8.40. The van der Waals surface area contributed by atoms with Crippen LogP contribution in [0.4, 0.5) is 4.39 Å². The highest BCUT2D eigenvalue weighted by molar-refractivity contribution is 5.92. The van der Waals surface area contributed by atoms with Crippen molar-refractivity contribution >= 4 is 5.91 Å². The number of aromatic nitrogens is 3. The lowest BCUT2D eigenvalue weighted by atomic mass is 9.98. The second kappa shape index (κ2) is 11.9. The first-order valence-corrected chi connectivity index (χ1v) is 14.1. The molecule has 1 aliphatic heterocycles. The molecule has 1 saturated carbocycles. The van der Waals surface area contributed by atoms with E-state index >= 15 is 4.39 Å². The summed E-state index contributed by atoms with van der Waals surface area (Å²) in [5, 5.41) is 22.6. The first-order valence-electron chi connectivity index (χ1n) is 14.1. The number of likely N-dealkylation sites (N-methyl/N-ethyl adjacent to an activating group) is 1. The molecule has 2 aliphatic rings. The Morgan fingerprint density at radius 3 is 2.50 bits per heavy atom. The third kappa shape index (κ3) is 5.83. The van der Waals surface area contributed by atoms with Gasteiger partial charge in [-0.15, -0.1) is 10.2 Å². The molecule has 40 heavy (non-hydrogen) atoms. The Hall–Kier alpha value is -3.50. The Bertz CT molecular complexity index is 1360. The Morgan fingerprint density at radius 2 is 1.85 bits per heavy atom. The number of carbonyl (C=O) groups excluding carboxylic acids is 1. The van der Waals surface area contributed by atoms with Crippen molar-refractivity contribution in [3.63, 3.8) is 0 Å². The lowest BCUT2D eigenvalue weighted by Crippen LogP contribution is -2.44. The maximum atomic E-state index is 15.6. The smallest absolute Gasteiger partial charge is 0.289 e. The summed E-state index contributed by atoms with van der Waals surface area (Å²) in [6.45, 7) is 8.24. The standard InChI is InChI=1S/C30H39FN6O3/c1-19(2)23-16-24(26(38)17-27(23)40-4)28-33-34-29(30(39)32-21-7-5-6-8-21)37(28)22-10-9-20(25(31)15-22)18-36-13-11-35(3)12-14-36/h9-10,15-17,19,21,38H,5-8,11-14,18H2,1-4H3,(H,32,39). The van der Waals surface area contributed by atoms with Crippen LogP contribution in [-0.2, 0) is 6.54 Å². The number of hydrogen-bond acceptors (Lipinski definition) is 7. The molecule has 9 nitrogen and oxygen atoms in total. The van der Waals surface area contributed by atoms with Crippen molar-refractivity contribution in [1.29, 1.82) is 0 Å². The number of nitrogens with one attached hydrogen (secondary N) is 1. The number of rotatable bonds is 8. The summed E-state index contributed by atoms with van der Waals surface area (Å²) in [5.74, 6) is 0.164. The average molecular weight is 551 g/mol. The highest BCUT2D eigenvalue weighted by atomic mass is 19.1. The van der Waals surface area contributed by atoms with Crippen LogP contribution in [-0.4, -0.2) is 82.0 Å². The van der Waals surface area contributed by atoms with Crippen molar-refractivity contribution < 1.29 is 19.0 Å². The molecule has 1 aromatic heterocycles. The zero-order valence-electron chi connectivity index (χ0n) is 23.8. The van der Waals surface area contributed by atoms with Crippen LogP contribution < -0.4 is 10.1 Å². The zero-order chi connectivity index (χ0) is 28.4. The number of carbonyl (C=O) groups is 1. The third-order valence-corrected chi connectivity index (χ3v) is 8.05. The number of benzene rings is 2. The van der Waals surface area contributed by atoms with E-state index in [1.807, 2.05) is 13.8 Å². The van der Waals surface area contributed by atoms with Gasteiger partial charge in [0.1, 0.15) is 17.3 Å². The van der Waals surface area contributed by atoms with E-state index in [1.165, 1.54) is 6.07 Å². The van der Waals surface area contributed by atoms with Gasteiger partial charge in [-0.25, -0.2) is 4.39 Å². The third-order valence-electron chi connectivity index (χ3n) is 8.05. The predicted molar refractivity (Wildman–Crippen MR) is 152 cm³/mol. The van der Waals surface area contributed by atoms with Gasteiger partial charge in [0.05, 0.1) is 18.4 Å². The van der Waals surface area contributed by atoms with Gasteiger partial charge in [-0.2, -0.15) is 0 Å². The van der Waals surface area contributed by atoms with Gasteiger partial charge in [0.15, 0.2) is 5.82 Å². The van der Waals surface area contributed by atoms with Gasteiger partial charge in [0, 0.05) is 50.4 Å². The van der Waals surface area contributed by atoms with Crippen LogP contribution in [0.1, 0.15) is 67.2 Å². The minimum Gasteiger partial charge on any atom is -0.507 e. The van der Waals surface area contributed by atoms with Gasteiger partial charge < -0.3 is 20.1 Å². The van der Waals surface area contributed by atoms with Gasteiger partial charge in [0.25, 0.3) is 5.91 Å². The second-order valence-electron chi connectivity index (χ2n) is 11.3. The van der Waals surface area contributed by atoms with E-state index in [1.54, 1.807) is 35.9 Å². The van der Waals surface area contributed by atoms with Gasteiger partial charge >= 0.3 is 0 Å². The number of hydrogen-bond donors (Lipinski definition) is 2. The lowest BCUT2D eigenvalue weighted by Gasteiger charge is -2.32. The summed E-state index contributed by atoms with van der Waals surface area (Å²) in [6.07, 6.45) is 3.97. The molecule has 0 atom stereocenters. The Labute approximate surface area is 235 Å². The minimum atomic E-state index is -0.371. The van der Waals surface area contributed by atoms with Gasteiger partial charge in [0.2, 0.25) is 5.82 Å². The maximum Gasteiger partial charge on any atom is 0.289 e. The monoisotopic (exact) mass is 550 g/mol. The molecule has 10 heteroatoms. The number of methoxy groups -OCH3 is 1. The molecule has 2 heterocycles. The summed E-state index contributed by atoms with van der Waals surface area (Å²) in [4.78, 5) is 17.9. The fourth-order valence-corrected chi connectivity index (χ4v) is 5.61. The van der Waals surface area contributed by atoms with E-state index in [0.717, 1.165) is 57.4 Å². The molecule has 3 aromatic rings. The Kier molecular flexibility index (Phi) is 8.37. The molecule has 1 amide bonds. The number of halogens is 1. The first-order chi connectivity index (χ1) is 19.2. The van der Waals surface area contributed by atoms with Gasteiger partial charge in [-0.1, -0.05) is 32.8 Å². The number of amides is 1. The second-order valence-corrected chi connectivity index (χ2v) is 11.3. The maximum absolute atomic E-state index is 15.6. The number of nitrogens with zero attached hydrogens (tertiary/aromatic N) is 5. The van der Waals surface area contributed by atoms with E-state index < -0.39 is 0 Å². The highest BCUT2D eigenvalue weighted by Crippen LogP contribution is 2.39. The SMILES string of the molecule is COc1cc(O)c(-c2nnc(C(=O)NC3CCCC3)n2-c2ccc(CN3CCN(C)CC3)c(F)c2)cc1C(C)C. The quantitative estimate of drug-likeness (QED) is 0.431. The Morgan fingerprint density at radius 1 is 1.12 bits per heavy atom. The summed E-state index contributed by atoms with van der Waals surface area (Å²) >= 11 is 0. The van der Waals surface area contributed by atoms with Crippen molar-refractivity contribution in [1.82, 2.24) is 29.9 Å². The van der Waals surface area contributed by atoms with Crippen molar-refractivity contribution in [2.24, 2.45) is 0 Å². The van der Waals surface area contributed by atoms with Gasteiger partial charge in [-0.3, -0.25) is 14.3 Å². The molecule has 0 bridgehead atoms. The summed E-state index contributed by atoms with van der Waals surface area (Å²) in [5.41, 5.74) is 2.26. The van der Waals surface area contributed by atoms with E-state index in [0.29, 0.717) is 29.1 Å². The molecular weight excluding hydrogens is 511 g/mol. The van der Waals surface area contributed by atoms with E-state index in [9.17, 15) is 9.90 Å². The molecule has 1 aliphatic carbocycles. The topological polar surface area (TPSA) is 95.8 Å². The molecule has 2 N–H and O–H groups in total. The van der Waals surface area contributed by atoms with Gasteiger partial charge in [-0.05, 0) is 49.6 Å². The van der Waals surface area contributed by atoms with E-state index in [2.05, 4.69) is 32.4 Å². The number of phenols is 1. The van der Waals surface area contributed by atoms with Crippen molar-refractivity contribution in [3.05, 3.63) is 53.1 Å². The number of aromatic hydroxyl groups is 1. The fraction of sp³-hybridized carbons (Fsp3) is 0.500. The molecule has 0 unspecified atom stereocenters. The van der Waals surface area contributed by atoms with E-state index in [-0.39, 0.29) is 41.1 Å². The minimum absolute atomic E-state index is 0.0504. The van der Waals surface area contributed by atoms with Crippen molar-refractivity contribution in [3.8, 4) is 28.6 Å². The molecule has 0 spiro atoms. The van der Waals surface area contributed by atoms with Crippen LogP contribution in [0.5, 0.6) is 11.5 Å². The largest absolute Gasteiger partial charge is 0.507 e. The van der Waals surface area contributed by atoms with Crippen molar-refractivity contribution in [2.45, 2.75) is 58.0 Å². The first kappa shape index (κ1) is 28.0. The fourth-order valence-electron chi connectivity index (χ4n) is 5.61. The molecular formula is C30H39FN6O3. The van der Waals surface area contributed by atoms with Crippen LogP contribution in [0.15, 0.2) is 30.3 Å². The number of phenolic OH excluding ortho intramolecular Hbond substituents is 1. The van der Waals surface area contributed by atoms with Crippen molar-refractivity contribution in [2.75, 3.05) is 40.3 Å². The molecule has 2 fully saturated rings.